The van der Waals surface area contributed by atoms with Crippen molar-refractivity contribution >= 4 is 45.9 Å². The predicted octanol–water partition coefficient (Wildman–Crippen LogP) is 34.5. The van der Waals surface area contributed by atoms with Crippen LogP contribution in [0.3, 0.4) is 0 Å². The van der Waals surface area contributed by atoms with Crippen LogP contribution in [0.25, 0.3) is 44.5 Å². The molecule has 0 saturated carbocycles. The molecule has 1 heterocycles. The first kappa shape index (κ1) is 114. The zero-order valence-electron chi connectivity index (χ0n) is 83.3. The second kappa shape index (κ2) is 49.3. The third-order valence-corrected chi connectivity index (χ3v) is 25.3. The zero-order valence-corrected chi connectivity index (χ0v) is 83.3. The molecule has 0 aromatic heterocycles. The molecule has 0 saturated heterocycles. The summed E-state index contributed by atoms with van der Waals surface area (Å²) in [5.74, 6) is -3.94. The van der Waals surface area contributed by atoms with Crippen LogP contribution in [0.4, 0.5) is 111 Å². The first-order chi connectivity index (χ1) is 67.8. The van der Waals surface area contributed by atoms with Gasteiger partial charge in [0.15, 0.2) is 0 Å². The summed E-state index contributed by atoms with van der Waals surface area (Å²) in [6.07, 6.45) is -17.7. The van der Waals surface area contributed by atoms with Crippen LogP contribution in [-0.2, 0) is 76.1 Å². The van der Waals surface area contributed by atoms with Crippen LogP contribution < -0.4 is 20.4 Å². The number of anilines is 4. The number of ketones is 4. The van der Waals surface area contributed by atoms with Gasteiger partial charge in [0.2, 0.25) is 0 Å². The molecule has 12 aromatic rings. The Bertz CT molecular complexity index is 6360. The lowest BCUT2D eigenvalue weighted by molar-refractivity contribution is -0.139. The number of fused-ring (bicyclic) bond motifs is 1. The van der Waals surface area contributed by atoms with Gasteiger partial charge in [-0.2, -0.15) is 65.9 Å². The second-order valence-corrected chi connectivity index (χ2v) is 39.3. The summed E-state index contributed by atoms with van der Waals surface area (Å²) < 4.78 is 266. The molecule has 0 bridgehead atoms. The van der Waals surface area contributed by atoms with Gasteiger partial charge in [-0.15, -0.1) is 0 Å². The predicted molar refractivity (Wildman–Crippen MR) is 534 cm³/mol. The van der Waals surface area contributed by atoms with Gasteiger partial charge in [-0.25, -0.2) is 22.0 Å². The molecule has 28 heteroatoms. The summed E-state index contributed by atoms with van der Waals surface area (Å²) in [4.78, 5) is 54.5. The van der Waals surface area contributed by atoms with Gasteiger partial charge in [0.1, 0.15) is 52.2 Å². The van der Waals surface area contributed by atoms with E-state index in [0.717, 1.165) is 133 Å². The molecule has 0 spiro atoms. The lowest BCUT2D eigenvalue weighted by Gasteiger charge is -2.32. The smallest absolute Gasteiger partial charge is 0.381 e. The Morgan fingerprint density at radius 2 is 0.669 bits per heavy atom. The molecule has 8 nitrogen and oxygen atoms in total. The standard InChI is InChI=1S/C33H38F5NO.C29H30F3NO.C28H26F7NO.C27H26F5NO/c1-20(2)7-12-32(26-15-28(34)19-29(35)16-26)39(6)30-17-24(23-8-10-27(11-9-23)33(36,37)38)14-25(18-30)31(22(5)40)13-21(3)4;1-19(2)14-28(20(3)34)25-15-24(22-8-10-26(11-9-22)29(30,31)32)16-27(17-25)33-13-12-21-6-4-5-7-23(21)18-33;1-16(2)10-25(17(3)37)21-11-20(18-4-7-22(8-5-18)27(30,31)32)12-24(13-21)36-15-19-6-9-23(29)14-26(19)28(33,34)35;1-16(2)8-26(17(3)34)21-11-20(19-4-6-22(7-5-19)27(30,31)32)12-25(13-21)33-15-18-9-23(28)14-24(29)10-18/h8-11,14-21,31-32H,7,12-13H2,1-6H3;4-11,15-17,19,28H,12-14,18H2,1-3H3;4-9,11-14,16,25,36H,10,15H2,1-3H3;4-7,9-14,16,26,33H,8,15H2,1-3H3. The van der Waals surface area contributed by atoms with E-state index in [1.807, 2.05) is 96.0 Å². The van der Waals surface area contributed by atoms with Crippen LogP contribution in [-0.4, -0.2) is 36.7 Å². The lowest BCUT2D eigenvalue weighted by Crippen LogP contribution is -2.30. The van der Waals surface area contributed by atoms with Gasteiger partial charge in [0.05, 0.1) is 33.9 Å². The minimum Gasteiger partial charge on any atom is -0.381 e. The van der Waals surface area contributed by atoms with E-state index in [4.69, 9.17) is 0 Å². The summed E-state index contributed by atoms with van der Waals surface area (Å²) in [6, 6.07) is 58.7. The molecule has 5 atom stereocenters. The Morgan fingerprint density at radius 1 is 0.324 bits per heavy atom. The first-order valence-corrected chi connectivity index (χ1v) is 47.9. The molecule has 772 valence electrons. The Kier molecular flexibility index (Phi) is 38.8. The van der Waals surface area contributed by atoms with Crippen molar-refractivity contribution in [2.24, 2.45) is 29.6 Å². The maximum absolute atomic E-state index is 14.3. The van der Waals surface area contributed by atoms with Crippen molar-refractivity contribution in [1.82, 2.24) is 0 Å². The Balaban J connectivity index is 0.000000199. The van der Waals surface area contributed by atoms with Crippen molar-refractivity contribution in [3.8, 4) is 44.5 Å². The number of carbonyl (C=O) groups excluding carboxylic acids is 4. The highest BCUT2D eigenvalue weighted by Gasteiger charge is 2.38. The summed E-state index contributed by atoms with van der Waals surface area (Å²) in [5, 5.41) is 6.04. The van der Waals surface area contributed by atoms with Gasteiger partial charge >= 0.3 is 30.9 Å². The van der Waals surface area contributed by atoms with Gasteiger partial charge in [0, 0.05) is 91.8 Å². The lowest BCUT2D eigenvalue weighted by atomic mass is 9.85. The van der Waals surface area contributed by atoms with Crippen LogP contribution in [0.5, 0.6) is 0 Å². The van der Waals surface area contributed by atoms with Crippen molar-refractivity contribution < 1.29 is 107 Å². The van der Waals surface area contributed by atoms with Gasteiger partial charge < -0.3 is 20.4 Å². The molecule has 0 amide bonds. The fraction of sp³-hybridized carbons (Fsp3) is 0.350. The summed E-state index contributed by atoms with van der Waals surface area (Å²) in [5.41, 5.74) is 9.83. The molecule has 5 unspecified atom stereocenters. The number of alkyl halides is 15. The Morgan fingerprint density at radius 3 is 1.03 bits per heavy atom. The number of Topliss-reactive ketones (excluding diaryl/α,β-unsaturated/α-hetero) is 4. The van der Waals surface area contributed by atoms with Gasteiger partial charge in [-0.1, -0.05) is 172 Å². The average molecular weight is 2030 g/mol. The minimum atomic E-state index is -4.76. The molecule has 0 fully saturated rings. The number of nitrogens with zero attached hydrogens (tertiary/aromatic N) is 2. The van der Waals surface area contributed by atoms with Crippen molar-refractivity contribution in [2.75, 3.05) is 34.0 Å². The van der Waals surface area contributed by atoms with Crippen LogP contribution in [0.15, 0.2) is 249 Å². The van der Waals surface area contributed by atoms with Crippen LogP contribution in [0, 0.1) is 58.7 Å². The molecule has 2 N–H and O–H groups in total. The monoisotopic (exact) mass is 2020 g/mol. The molecule has 0 aliphatic carbocycles. The molecular formula is C117H120F20N4O4. The highest BCUT2D eigenvalue weighted by atomic mass is 19.4. The quantitative estimate of drug-likeness (QED) is 0.0393. The van der Waals surface area contributed by atoms with Crippen molar-refractivity contribution in [3.05, 3.63) is 356 Å². The number of carbonyl (C=O) groups is 4. The molecule has 1 aliphatic heterocycles. The highest BCUT2D eigenvalue weighted by Crippen LogP contribution is 2.45. The van der Waals surface area contributed by atoms with Gasteiger partial charge in [-0.05, 0) is 330 Å². The normalized spacial score (nSPS) is 13.5. The second-order valence-electron chi connectivity index (χ2n) is 39.3. The van der Waals surface area contributed by atoms with Gasteiger partial charge in [0.25, 0.3) is 0 Å². The summed E-state index contributed by atoms with van der Waals surface area (Å²) >= 11 is 0. The Labute approximate surface area is 834 Å². The molecule has 12 aromatic carbocycles. The van der Waals surface area contributed by atoms with Crippen molar-refractivity contribution in [2.45, 2.75) is 222 Å². The highest BCUT2D eigenvalue weighted by molar-refractivity contribution is 5.88. The largest absolute Gasteiger partial charge is 0.416 e. The number of nitrogens with one attached hydrogen (secondary N) is 2. The number of rotatable bonds is 33. The SMILES string of the molecule is CC(=O)C(CC(C)C)c1cc(-c2ccc(C(F)(F)F)cc2)cc(N(C)C(CCC(C)C)c2cc(F)cc(F)c2)c1.CC(=O)C(CC(C)C)c1cc(-c2ccc(C(F)(F)F)cc2)cc(N2CCc3ccccc3C2)c1.CC(=O)C(CC(C)C)c1cc(NCc2cc(F)cc(F)c2)cc(-c2ccc(C(F)(F)F)cc2)c1.CC(=O)C(CC(C)C)c1cc(NCc2ccc(F)cc2C(F)(F)F)cc(-c2ccc(C(F)(F)F)cc2)c1. The number of benzene rings is 12. The summed E-state index contributed by atoms with van der Waals surface area (Å²) in [7, 11) is 1.84. The van der Waals surface area contributed by atoms with E-state index in [1.165, 1.54) is 97.8 Å². The number of halogens is 20. The van der Waals surface area contributed by atoms with E-state index in [1.54, 1.807) is 44.2 Å². The molecule has 13 rings (SSSR count). The van der Waals surface area contributed by atoms with E-state index in [-0.39, 0.29) is 77.4 Å². The zero-order chi connectivity index (χ0) is 107. The molecular weight excluding hydrogens is 1910 g/mol. The average Bonchev–Trinajstić information content (AvgIpc) is 1.36. The third kappa shape index (κ3) is 33.1. The first-order valence-electron chi connectivity index (χ1n) is 47.9. The molecule has 1 aliphatic rings. The third-order valence-electron chi connectivity index (χ3n) is 25.3. The van der Waals surface area contributed by atoms with E-state index in [2.05, 4.69) is 67.5 Å². The minimum absolute atomic E-state index is 0.00423. The van der Waals surface area contributed by atoms with Crippen LogP contribution >= 0.6 is 0 Å². The fourth-order valence-electron chi connectivity index (χ4n) is 17.9. The van der Waals surface area contributed by atoms with Crippen molar-refractivity contribution in [1.29, 1.82) is 0 Å². The topological polar surface area (TPSA) is 98.8 Å². The van der Waals surface area contributed by atoms with E-state index >= 15 is 0 Å². The Hall–Kier alpha value is -12.9. The number of hydrogen-bond acceptors (Lipinski definition) is 8. The molecule has 145 heavy (non-hydrogen) atoms. The summed E-state index contributed by atoms with van der Waals surface area (Å²) in [6.45, 7) is 27.9. The van der Waals surface area contributed by atoms with E-state index in [0.29, 0.717) is 116 Å². The van der Waals surface area contributed by atoms with Gasteiger partial charge in [-0.3, -0.25) is 19.2 Å². The van der Waals surface area contributed by atoms with Crippen LogP contribution in [0.1, 0.15) is 243 Å². The maximum atomic E-state index is 14.3. The van der Waals surface area contributed by atoms with Crippen LogP contribution in [0.2, 0.25) is 0 Å². The fourth-order valence-corrected chi connectivity index (χ4v) is 17.9. The molecule has 0 radical (unpaired) electrons. The number of hydrogen-bond donors (Lipinski definition) is 2. The van der Waals surface area contributed by atoms with E-state index < -0.39 is 99.6 Å². The maximum Gasteiger partial charge on any atom is 0.416 e. The van der Waals surface area contributed by atoms with E-state index in [9.17, 15) is 107 Å². The van der Waals surface area contributed by atoms with Crippen molar-refractivity contribution in [3.63, 3.8) is 0 Å².